The second-order valence-corrected chi connectivity index (χ2v) is 5.45. The van der Waals surface area contributed by atoms with Gasteiger partial charge in [0.2, 0.25) is 0 Å². The van der Waals surface area contributed by atoms with Gasteiger partial charge in [-0.1, -0.05) is 6.42 Å². The summed E-state index contributed by atoms with van der Waals surface area (Å²) >= 11 is 9.48. The fourth-order valence-electron chi connectivity index (χ4n) is 2.03. The summed E-state index contributed by atoms with van der Waals surface area (Å²) in [5.41, 5.74) is 2.96. The maximum Gasteiger partial charge on any atom is 0.0755 e. The van der Waals surface area contributed by atoms with Crippen LogP contribution < -0.4 is 10.7 Å². The van der Waals surface area contributed by atoms with Gasteiger partial charge in [0.25, 0.3) is 0 Å². The number of quaternary nitrogens is 1. The highest BCUT2D eigenvalue weighted by Gasteiger charge is 2.06. The number of hydrogen-bond donors (Lipinski definition) is 2. The molecule has 0 aliphatic carbocycles. The van der Waals surface area contributed by atoms with Crippen molar-refractivity contribution in [2.24, 2.45) is 0 Å². The van der Waals surface area contributed by atoms with Crippen LogP contribution >= 0.6 is 12.2 Å². The molecule has 2 saturated heterocycles. The SMILES string of the molecule is C1CC[NH2+]CC1.S=C([S-])NN1CCCCC1. The van der Waals surface area contributed by atoms with Crippen LogP contribution in [-0.2, 0) is 12.6 Å². The second-order valence-electron chi connectivity index (χ2n) is 4.37. The second kappa shape index (κ2) is 9.10. The van der Waals surface area contributed by atoms with Crippen molar-refractivity contribution in [3.8, 4) is 0 Å². The van der Waals surface area contributed by atoms with Gasteiger partial charge in [0, 0.05) is 13.1 Å². The summed E-state index contributed by atoms with van der Waals surface area (Å²) in [4.78, 5) is 0. The molecule has 16 heavy (non-hydrogen) atoms. The molecule has 94 valence electrons. The first kappa shape index (κ1) is 14.1. The van der Waals surface area contributed by atoms with Crippen molar-refractivity contribution >= 4 is 29.2 Å². The van der Waals surface area contributed by atoms with E-state index in [1.165, 1.54) is 51.6 Å². The lowest BCUT2D eigenvalue weighted by atomic mass is 10.2. The van der Waals surface area contributed by atoms with Crippen molar-refractivity contribution in [1.82, 2.24) is 10.4 Å². The van der Waals surface area contributed by atoms with E-state index in [0.29, 0.717) is 4.32 Å². The molecular weight excluding hydrogens is 238 g/mol. The van der Waals surface area contributed by atoms with Crippen molar-refractivity contribution < 1.29 is 5.32 Å². The molecule has 0 aromatic carbocycles. The minimum Gasteiger partial charge on any atom is -0.410 e. The van der Waals surface area contributed by atoms with Gasteiger partial charge in [-0.25, -0.2) is 5.01 Å². The number of hydrogen-bond acceptors (Lipinski definition) is 3. The maximum atomic E-state index is 4.74. The number of thiocarbonyl (C=S) groups is 1. The summed E-state index contributed by atoms with van der Waals surface area (Å²) in [7, 11) is 0. The lowest BCUT2D eigenvalue weighted by Gasteiger charge is -2.29. The number of nitrogens with zero attached hydrogens (tertiary/aromatic N) is 1. The van der Waals surface area contributed by atoms with Crippen molar-refractivity contribution in [2.75, 3.05) is 26.2 Å². The molecule has 2 heterocycles. The predicted molar refractivity (Wildman–Crippen MR) is 74.0 cm³/mol. The van der Waals surface area contributed by atoms with Crippen molar-refractivity contribution in [1.29, 1.82) is 0 Å². The molecule has 5 heteroatoms. The normalized spacial score (nSPS) is 21.8. The van der Waals surface area contributed by atoms with E-state index in [-0.39, 0.29) is 0 Å². The molecule has 0 saturated carbocycles. The van der Waals surface area contributed by atoms with Gasteiger partial charge >= 0.3 is 0 Å². The molecule has 0 bridgehead atoms. The van der Waals surface area contributed by atoms with Gasteiger partial charge in [-0.15, -0.1) is 0 Å². The van der Waals surface area contributed by atoms with Crippen LogP contribution in [0.5, 0.6) is 0 Å². The summed E-state index contributed by atoms with van der Waals surface area (Å²) in [5, 5.41) is 4.49. The minimum absolute atomic E-state index is 0.460. The predicted octanol–water partition coefficient (Wildman–Crippen LogP) is 0.542. The van der Waals surface area contributed by atoms with Gasteiger partial charge in [0.1, 0.15) is 0 Å². The molecule has 3 N–H and O–H groups in total. The van der Waals surface area contributed by atoms with Crippen molar-refractivity contribution in [3.05, 3.63) is 0 Å². The number of nitrogens with one attached hydrogen (secondary N) is 1. The van der Waals surface area contributed by atoms with Crippen LogP contribution in [0.4, 0.5) is 0 Å². The van der Waals surface area contributed by atoms with Gasteiger partial charge in [-0.3, -0.25) is 0 Å². The van der Waals surface area contributed by atoms with Gasteiger partial charge in [-0.05, 0) is 36.4 Å². The van der Waals surface area contributed by atoms with Crippen LogP contribution in [0.25, 0.3) is 0 Å². The standard InChI is InChI=1S/C6H12N2S2.C5H11N/c9-6(10)7-8-4-2-1-3-5-8;1-2-4-6-5-3-1/h1-5H2,(H2,7,9,10);6H,1-5H2. The zero-order valence-corrected chi connectivity index (χ0v) is 11.5. The molecular formula is C11H23N3S2. The number of rotatable bonds is 1. The highest BCUT2D eigenvalue weighted by Crippen LogP contribution is 2.05. The third-order valence-electron chi connectivity index (χ3n) is 2.92. The maximum absolute atomic E-state index is 4.74. The first-order valence-electron chi connectivity index (χ1n) is 6.33. The Bertz CT molecular complexity index is 178. The minimum atomic E-state index is 0.460. The molecule has 0 aromatic heterocycles. The number of nitrogens with two attached hydrogens (primary N) is 1. The van der Waals surface area contributed by atoms with E-state index in [2.05, 4.69) is 15.8 Å². The highest BCUT2D eigenvalue weighted by molar-refractivity contribution is 8.00. The summed E-state index contributed by atoms with van der Waals surface area (Å²) in [6.45, 7) is 4.91. The van der Waals surface area contributed by atoms with E-state index < -0.39 is 0 Å². The Morgan fingerprint density at radius 3 is 1.94 bits per heavy atom. The Hall–Kier alpha value is 0.0300. The van der Waals surface area contributed by atoms with E-state index in [1.807, 2.05) is 0 Å². The quantitative estimate of drug-likeness (QED) is 0.533. The lowest BCUT2D eigenvalue weighted by Crippen LogP contribution is -2.85. The summed E-state index contributed by atoms with van der Waals surface area (Å²) in [6, 6.07) is 0. The molecule has 2 aliphatic heterocycles. The highest BCUT2D eigenvalue weighted by atomic mass is 32.1. The van der Waals surface area contributed by atoms with E-state index in [1.54, 1.807) is 0 Å². The average Bonchev–Trinajstić information content (AvgIpc) is 2.32. The van der Waals surface area contributed by atoms with E-state index in [4.69, 9.17) is 24.8 Å². The first-order chi connectivity index (χ1) is 7.79. The fourth-order valence-corrected chi connectivity index (χ4v) is 2.29. The van der Waals surface area contributed by atoms with Crippen LogP contribution in [0.15, 0.2) is 0 Å². The van der Waals surface area contributed by atoms with Crippen molar-refractivity contribution in [2.45, 2.75) is 38.5 Å². The topological polar surface area (TPSA) is 31.9 Å². The van der Waals surface area contributed by atoms with Crippen LogP contribution in [0, 0.1) is 0 Å². The lowest BCUT2D eigenvalue weighted by molar-refractivity contribution is -0.662. The zero-order valence-electron chi connectivity index (χ0n) is 9.91. The van der Waals surface area contributed by atoms with Crippen LogP contribution in [0.1, 0.15) is 38.5 Å². The Labute approximate surface area is 110 Å². The molecule has 0 atom stereocenters. The van der Waals surface area contributed by atoms with Crippen LogP contribution in [0.3, 0.4) is 0 Å². The van der Waals surface area contributed by atoms with E-state index in [0.717, 1.165) is 13.1 Å². The van der Waals surface area contributed by atoms with Gasteiger partial charge in [0.15, 0.2) is 0 Å². The Balaban J connectivity index is 0.000000181. The summed E-state index contributed by atoms with van der Waals surface area (Å²) < 4.78 is 0.460. The van der Waals surface area contributed by atoms with Crippen molar-refractivity contribution in [3.63, 3.8) is 0 Å². The monoisotopic (exact) mass is 261 g/mol. The molecule has 0 aromatic rings. The smallest absolute Gasteiger partial charge is 0.0755 e. The molecule has 0 unspecified atom stereocenters. The zero-order chi connectivity index (χ0) is 11.6. The van der Waals surface area contributed by atoms with E-state index in [9.17, 15) is 0 Å². The van der Waals surface area contributed by atoms with Gasteiger partial charge < -0.3 is 35.6 Å². The van der Waals surface area contributed by atoms with Gasteiger partial charge in [0.05, 0.1) is 13.1 Å². The number of piperidine rings is 2. The molecule has 2 fully saturated rings. The van der Waals surface area contributed by atoms with Gasteiger partial charge in [-0.2, -0.15) is 0 Å². The summed E-state index contributed by atoms with van der Waals surface area (Å²) in [5.74, 6) is 0. The molecule has 2 aliphatic rings. The number of hydrazine groups is 1. The molecule has 3 nitrogen and oxygen atoms in total. The largest absolute Gasteiger partial charge is 0.410 e. The third-order valence-corrected chi connectivity index (χ3v) is 3.10. The molecule has 0 spiro atoms. The van der Waals surface area contributed by atoms with E-state index >= 15 is 0 Å². The molecule has 0 radical (unpaired) electrons. The fraction of sp³-hybridized carbons (Fsp3) is 0.909. The molecule has 2 rings (SSSR count). The van der Waals surface area contributed by atoms with Crippen LogP contribution in [0.2, 0.25) is 0 Å². The third kappa shape index (κ3) is 7.33. The Morgan fingerprint density at radius 2 is 1.56 bits per heavy atom. The Kier molecular flexibility index (Phi) is 8.02. The first-order valence-corrected chi connectivity index (χ1v) is 7.15. The van der Waals surface area contributed by atoms with Crippen LogP contribution in [-0.4, -0.2) is 35.5 Å². The Morgan fingerprint density at radius 1 is 1.00 bits per heavy atom. The summed E-state index contributed by atoms with van der Waals surface area (Å²) in [6.07, 6.45) is 8.20. The molecule has 0 amide bonds. The average molecular weight is 261 g/mol.